The maximum Gasteiger partial charge on any atom is 0.357 e. The van der Waals surface area contributed by atoms with E-state index < -0.39 is 5.97 Å². The van der Waals surface area contributed by atoms with Gasteiger partial charge in [-0.3, -0.25) is 4.79 Å². The van der Waals surface area contributed by atoms with Crippen molar-refractivity contribution in [2.75, 3.05) is 19.7 Å². The molecule has 1 aromatic carbocycles. The molecule has 0 spiro atoms. The molecule has 0 saturated carbocycles. The molecule has 1 fully saturated rings. The smallest absolute Gasteiger partial charge is 0.357 e. The molecule has 4 rings (SSSR count). The van der Waals surface area contributed by atoms with Crippen molar-refractivity contribution in [1.82, 2.24) is 14.7 Å². The summed E-state index contributed by atoms with van der Waals surface area (Å²) >= 11 is 1.54. The molecule has 2 aromatic heterocycles. The summed E-state index contributed by atoms with van der Waals surface area (Å²) in [5.74, 6) is -0.813. The highest BCUT2D eigenvalue weighted by Crippen LogP contribution is 2.26. The lowest BCUT2D eigenvalue weighted by Gasteiger charge is -2.35. The van der Waals surface area contributed by atoms with Crippen LogP contribution in [-0.4, -0.2) is 58.5 Å². The highest BCUT2D eigenvalue weighted by Gasteiger charge is 2.27. The van der Waals surface area contributed by atoms with E-state index in [0.717, 1.165) is 10.6 Å². The molecule has 1 amide bonds. The molecule has 8 heteroatoms. The Morgan fingerprint density at radius 3 is 2.53 bits per heavy atom. The minimum Gasteiger partial charge on any atom is -0.451 e. The van der Waals surface area contributed by atoms with Crippen molar-refractivity contribution < 1.29 is 19.1 Å². The molecule has 7 nitrogen and oxygen atoms in total. The van der Waals surface area contributed by atoms with Gasteiger partial charge in [-0.2, -0.15) is 5.10 Å². The van der Waals surface area contributed by atoms with Crippen molar-refractivity contribution in [2.45, 2.75) is 26.1 Å². The molecule has 2 atom stereocenters. The van der Waals surface area contributed by atoms with Crippen LogP contribution in [0.5, 0.6) is 0 Å². The van der Waals surface area contributed by atoms with Gasteiger partial charge in [-0.15, -0.1) is 11.3 Å². The van der Waals surface area contributed by atoms with Gasteiger partial charge in [0.25, 0.3) is 5.91 Å². The van der Waals surface area contributed by atoms with Crippen LogP contribution in [0, 0.1) is 0 Å². The normalized spacial score (nSPS) is 18.9. The molecule has 30 heavy (non-hydrogen) atoms. The van der Waals surface area contributed by atoms with Crippen LogP contribution in [0.3, 0.4) is 0 Å². The van der Waals surface area contributed by atoms with Crippen molar-refractivity contribution in [1.29, 1.82) is 0 Å². The Hall–Kier alpha value is -2.97. The second-order valence-corrected chi connectivity index (χ2v) is 8.22. The Labute approximate surface area is 178 Å². The number of hydrogen-bond acceptors (Lipinski definition) is 6. The van der Waals surface area contributed by atoms with Gasteiger partial charge in [-0.1, -0.05) is 24.3 Å². The lowest BCUT2D eigenvalue weighted by molar-refractivity contribution is -0.146. The van der Waals surface area contributed by atoms with Gasteiger partial charge in [0.15, 0.2) is 12.3 Å². The topological polar surface area (TPSA) is 73.7 Å². The molecule has 156 valence electrons. The molecule has 0 aliphatic carbocycles. The maximum atomic E-state index is 12.9. The number of para-hydroxylation sites is 1. The van der Waals surface area contributed by atoms with E-state index in [1.807, 2.05) is 61.7 Å². The fourth-order valence-electron chi connectivity index (χ4n) is 3.51. The van der Waals surface area contributed by atoms with Gasteiger partial charge in [0.05, 0.1) is 22.8 Å². The Bertz CT molecular complexity index is 1010. The summed E-state index contributed by atoms with van der Waals surface area (Å²) in [7, 11) is 0. The van der Waals surface area contributed by atoms with Gasteiger partial charge < -0.3 is 14.4 Å². The average Bonchev–Trinajstić information content (AvgIpc) is 3.41. The first kappa shape index (κ1) is 20.3. The number of amides is 1. The zero-order valence-electron chi connectivity index (χ0n) is 16.9. The van der Waals surface area contributed by atoms with E-state index in [1.54, 1.807) is 27.0 Å². The summed E-state index contributed by atoms with van der Waals surface area (Å²) in [6.07, 6.45) is -0.0810. The number of carbonyl (C=O) groups is 2. The van der Waals surface area contributed by atoms with E-state index in [-0.39, 0.29) is 30.4 Å². The second-order valence-electron chi connectivity index (χ2n) is 7.27. The van der Waals surface area contributed by atoms with Crippen LogP contribution in [0.15, 0.2) is 53.9 Å². The average molecular weight is 426 g/mol. The molecule has 3 heterocycles. The number of nitrogens with zero attached hydrogens (tertiary/aromatic N) is 3. The minimum atomic E-state index is -0.586. The molecular weight excluding hydrogens is 402 g/mol. The number of ether oxygens (including phenoxy) is 2. The summed E-state index contributed by atoms with van der Waals surface area (Å²) in [4.78, 5) is 28.0. The largest absolute Gasteiger partial charge is 0.451 e. The van der Waals surface area contributed by atoms with Gasteiger partial charge in [0.1, 0.15) is 5.69 Å². The first-order valence-electron chi connectivity index (χ1n) is 9.81. The van der Waals surface area contributed by atoms with Crippen LogP contribution in [0.2, 0.25) is 0 Å². The molecule has 0 N–H and O–H groups in total. The third-order valence-electron chi connectivity index (χ3n) is 4.79. The van der Waals surface area contributed by atoms with Crippen LogP contribution >= 0.6 is 11.3 Å². The van der Waals surface area contributed by atoms with Crippen molar-refractivity contribution in [3.63, 3.8) is 0 Å². The van der Waals surface area contributed by atoms with Crippen LogP contribution in [-0.2, 0) is 14.3 Å². The minimum absolute atomic E-state index is 0.0405. The number of aromatic nitrogens is 2. The van der Waals surface area contributed by atoms with Crippen LogP contribution in [0.25, 0.3) is 16.3 Å². The quantitative estimate of drug-likeness (QED) is 0.586. The first-order valence-corrected chi connectivity index (χ1v) is 10.7. The first-order chi connectivity index (χ1) is 14.5. The fraction of sp³-hybridized carbons (Fsp3) is 0.318. The summed E-state index contributed by atoms with van der Waals surface area (Å²) in [5, 5.41) is 6.55. The van der Waals surface area contributed by atoms with E-state index >= 15 is 0 Å². The monoisotopic (exact) mass is 425 g/mol. The summed E-state index contributed by atoms with van der Waals surface area (Å²) in [6.45, 7) is 4.52. The summed E-state index contributed by atoms with van der Waals surface area (Å²) in [6, 6.07) is 15.0. The predicted molar refractivity (Wildman–Crippen MR) is 114 cm³/mol. The van der Waals surface area contributed by atoms with E-state index in [9.17, 15) is 9.59 Å². The molecular formula is C22H23N3O4S. The maximum absolute atomic E-state index is 12.9. The lowest BCUT2D eigenvalue weighted by atomic mass is 10.2. The summed E-state index contributed by atoms with van der Waals surface area (Å²) < 4.78 is 12.6. The van der Waals surface area contributed by atoms with Crippen molar-refractivity contribution in [3.05, 3.63) is 59.6 Å². The van der Waals surface area contributed by atoms with Crippen LogP contribution in [0.1, 0.15) is 24.3 Å². The molecule has 1 aliphatic rings. The van der Waals surface area contributed by atoms with Crippen LogP contribution in [0.4, 0.5) is 0 Å². The number of thiophene rings is 1. The van der Waals surface area contributed by atoms with Crippen molar-refractivity contribution in [3.8, 4) is 16.3 Å². The van der Waals surface area contributed by atoms with E-state index in [1.165, 1.54) is 0 Å². The number of benzene rings is 1. The number of esters is 1. The Balaban J connectivity index is 1.52. The highest BCUT2D eigenvalue weighted by atomic mass is 32.1. The Morgan fingerprint density at radius 1 is 1.13 bits per heavy atom. The lowest BCUT2D eigenvalue weighted by Crippen LogP contribution is -2.49. The number of rotatable bonds is 5. The van der Waals surface area contributed by atoms with Gasteiger partial charge in [0, 0.05) is 19.2 Å². The van der Waals surface area contributed by atoms with Crippen LogP contribution < -0.4 is 0 Å². The molecule has 0 unspecified atom stereocenters. The van der Waals surface area contributed by atoms with Crippen molar-refractivity contribution in [2.24, 2.45) is 0 Å². The number of hydrogen-bond donors (Lipinski definition) is 0. The Kier molecular flexibility index (Phi) is 5.96. The van der Waals surface area contributed by atoms with E-state index in [4.69, 9.17) is 9.47 Å². The van der Waals surface area contributed by atoms with Gasteiger partial charge in [-0.25, -0.2) is 9.48 Å². The fourth-order valence-corrected chi connectivity index (χ4v) is 4.19. The molecule has 0 radical (unpaired) electrons. The third-order valence-corrected chi connectivity index (χ3v) is 5.68. The van der Waals surface area contributed by atoms with Gasteiger partial charge in [-0.05, 0) is 37.4 Å². The number of carbonyl (C=O) groups excluding carboxylic acids is 2. The molecule has 3 aromatic rings. The standard InChI is InChI=1S/C22H23N3O4S/c1-15-12-24(13-16(2)29-15)21(26)14-28-22(27)19-11-18(20-9-6-10-30-20)23-25(19)17-7-4-3-5-8-17/h3-11,15-16H,12-14H2,1-2H3/t15-,16+. The van der Waals surface area contributed by atoms with E-state index in [0.29, 0.717) is 18.8 Å². The van der Waals surface area contributed by atoms with Crippen molar-refractivity contribution >= 4 is 23.2 Å². The number of morpholine rings is 1. The van der Waals surface area contributed by atoms with E-state index in [2.05, 4.69) is 5.10 Å². The Morgan fingerprint density at radius 2 is 1.87 bits per heavy atom. The predicted octanol–water partition coefficient (Wildman–Crippen LogP) is 3.39. The molecule has 0 bridgehead atoms. The third kappa shape index (κ3) is 4.44. The molecule has 1 saturated heterocycles. The zero-order valence-corrected chi connectivity index (χ0v) is 17.7. The van der Waals surface area contributed by atoms with Gasteiger partial charge >= 0.3 is 5.97 Å². The SMILES string of the molecule is C[C@@H]1CN(C(=O)COC(=O)c2cc(-c3cccs3)nn2-c2ccccc2)C[C@H](C)O1. The summed E-state index contributed by atoms with van der Waals surface area (Å²) in [5.41, 5.74) is 1.71. The zero-order chi connectivity index (χ0) is 21.1. The van der Waals surface area contributed by atoms with Gasteiger partial charge in [0.2, 0.25) is 0 Å². The highest BCUT2D eigenvalue weighted by molar-refractivity contribution is 7.13. The second kappa shape index (κ2) is 8.81. The molecule has 1 aliphatic heterocycles.